The topological polar surface area (TPSA) is 38.3 Å². The second kappa shape index (κ2) is 5.17. The van der Waals surface area contributed by atoms with Gasteiger partial charge in [0.1, 0.15) is 11.6 Å². The van der Waals surface area contributed by atoms with E-state index in [-0.39, 0.29) is 11.7 Å². The number of hydrogen-bond acceptors (Lipinski definition) is 2. The average molecular weight is 237 g/mol. The van der Waals surface area contributed by atoms with E-state index >= 15 is 0 Å². The van der Waals surface area contributed by atoms with Crippen molar-refractivity contribution in [2.45, 2.75) is 38.3 Å². The van der Waals surface area contributed by atoms with Gasteiger partial charge < -0.3 is 10.1 Å². The Hall–Kier alpha value is -1.58. The second-order valence-electron chi connectivity index (χ2n) is 4.25. The lowest BCUT2D eigenvalue weighted by Gasteiger charge is -2.17. The summed E-state index contributed by atoms with van der Waals surface area (Å²) in [4.78, 5) is 11.8. The van der Waals surface area contributed by atoms with E-state index in [1.165, 1.54) is 24.3 Å². The van der Waals surface area contributed by atoms with Gasteiger partial charge in [0.15, 0.2) is 6.10 Å². The molecule has 1 N–H and O–H groups in total. The summed E-state index contributed by atoms with van der Waals surface area (Å²) in [5, 5.41) is 2.90. The quantitative estimate of drug-likeness (QED) is 0.853. The van der Waals surface area contributed by atoms with E-state index in [2.05, 4.69) is 5.32 Å². The number of amides is 1. The summed E-state index contributed by atoms with van der Waals surface area (Å²) >= 11 is 0. The van der Waals surface area contributed by atoms with Crippen LogP contribution in [0.3, 0.4) is 0 Å². The molecule has 0 aliphatic heterocycles. The fourth-order valence-electron chi connectivity index (χ4n) is 1.52. The van der Waals surface area contributed by atoms with Crippen LogP contribution in [0.15, 0.2) is 24.3 Å². The number of nitrogens with one attached hydrogen (secondary N) is 1. The monoisotopic (exact) mass is 237 g/mol. The molecule has 1 aliphatic rings. The highest BCUT2D eigenvalue weighted by Gasteiger charge is 2.27. The van der Waals surface area contributed by atoms with E-state index in [4.69, 9.17) is 4.74 Å². The largest absolute Gasteiger partial charge is 0.481 e. The van der Waals surface area contributed by atoms with Gasteiger partial charge in [0, 0.05) is 6.04 Å². The Balaban J connectivity index is 1.93. The minimum atomic E-state index is -0.499. The van der Waals surface area contributed by atoms with E-state index < -0.39 is 6.10 Å². The predicted octanol–water partition coefficient (Wildman–Crippen LogP) is 2.26. The molecule has 0 bridgehead atoms. The first kappa shape index (κ1) is 11.9. The van der Waals surface area contributed by atoms with E-state index in [0.29, 0.717) is 18.2 Å². The van der Waals surface area contributed by atoms with Crippen molar-refractivity contribution < 1.29 is 13.9 Å². The molecule has 1 aromatic carbocycles. The van der Waals surface area contributed by atoms with Crippen LogP contribution in [0.1, 0.15) is 26.2 Å². The molecule has 17 heavy (non-hydrogen) atoms. The van der Waals surface area contributed by atoms with Crippen LogP contribution < -0.4 is 10.1 Å². The number of benzene rings is 1. The van der Waals surface area contributed by atoms with Crippen molar-refractivity contribution in [1.29, 1.82) is 0 Å². The van der Waals surface area contributed by atoms with Gasteiger partial charge in [0.25, 0.3) is 5.91 Å². The smallest absolute Gasteiger partial charge is 0.261 e. The van der Waals surface area contributed by atoms with Crippen molar-refractivity contribution in [2.75, 3.05) is 0 Å². The van der Waals surface area contributed by atoms with Crippen molar-refractivity contribution >= 4 is 5.91 Å². The molecular formula is C13H16FNO2. The van der Waals surface area contributed by atoms with Gasteiger partial charge in [0.2, 0.25) is 0 Å². The van der Waals surface area contributed by atoms with Gasteiger partial charge in [-0.05, 0) is 43.5 Å². The molecular weight excluding hydrogens is 221 g/mol. The van der Waals surface area contributed by atoms with E-state index in [1.807, 2.05) is 6.92 Å². The molecule has 0 aromatic heterocycles. The fourth-order valence-corrected chi connectivity index (χ4v) is 1.52. The molecule has 0 spiro atoms. The molecule has 2 rings (SSSR count). The molecule has 0 radical (unpaired) electrons. The van der Waals surface area contributed by atoms with Crippen LogP contribution >= 0.6 is 0 Å². The normalized spacial score (nSPS) is 16.4. The fraction of sp³-hybridized carbons (Fsp3) is 0.462. The first-order valence-electron chi connectivity index (χ1n) is 5.91. The number of hydrogen-bond donors (Lipinski definition) is 1. The van der Waals surface area contributed by atoms with Gasteiger partial charge in [-0.2, -0.15) is 0 Å². The summed E-state index contributed by atoms with van der Waals surface area (Å²) in [6, 6.07) is 6.03. The summed E-state index contributed by atoms with van der Waals surface area (Å²) in [5.41, 5.74) is 0. The molecule has 1 aromatic rings. The number of halogens is 1. The first-order chi connectivity index (χ1) is 8.19. The highest BCUT2D eigenvalue weighted by molar-refractivity contribution is 5.81. The van der Waals surface area contributed by atoms with Gasteiger partial charge >= 0.3 is 0 Å². The SMILES string of the molecule is CC[C@@H](Oc1ccc(F)cc1)C(=O)NC1CC1. The molecule has 1 amide bonds. The molecule has 0 unspecified atom stereocenters. The Morgan fingerprint density at radius 3 is 2.65 bits per heavy atom. The highest BCUT2D eigenvalue weighted by Crippen LogP contribution is 2.20. The van der Waals surface area contributed by atoms with Crippen molar-refractivity contribution in [3.05, 3.63) is 30.1 Å². The number of carbonyl (C=O) groups excluding carboxylic acids is 1. The summed E-state index contributed by atoms with van der Waals surface area (Å²) in [7, 11) is 0. The van der Waals surface area contributed by atoms with Gasteiger partial charge in [-0.15, -0.1) is 0 Å². The van der Waals surface area contributed by atoms with Gasteiger partial charge in [-0.1, -0.05) is 6.92 Å². The van der Waals surface area contributed by atoms with Crippen LogP contribution in [0.2, 0.25) is 0 Å². The minimum absolute atomic E-state index is 0.0840. The number of ether oxygens (including phenoxy) is 1. The molecule has 1 atom stereocenters. The third-order valence-corrected chi connectivity index (χ3v) is 2.68. The molecule has 0 saturated heterocycles. The summed E-state index contributed by atoms with van der Waals surface area (Å²) in [6.07, 6.45) is 2.20. The zero-order valence-electron chi connectivity index (χ0n) is 9.78. The van der Waals surface area contributed by atoms with Crippen molar-refractivity contribution in [2.24, 2.45) is 0 Å². The lowest BCUT2D eigenvalue weighted by molar-refractivity contribution is -0.128. The Morgan fingerprint density at radius 2 is 2.12 bits per heavy atom. The predicted molar refractivity (Wildman–Crippen MR) is 62.3 cm³/mol. The maximum atomic E-state index is 12.7. The molecule has 0 heterocycles. The second-order valence-corrected chi connectivity index (χ2v) is 4.25. The minimum Gasteiger partial charge on any atom is -0.481 e. The van der Waals surface area contributed by atoms with Crippen LogP contribution in [0.25, 0.3) is 0 Å². The van der Waals surface area contributed by atoms with Crippen molar-refractivity contribution in [1.82, 2.24) is 5.32 Å². The van der Waals surface area contributed by atoms with Crippen LogP contribution in [0, 0.1) is 5.82 Å². The maximum Gasteiger partial charge on any atom is 0.261 e. The molecule has 1 fully saturated rings. The van der Waals surface area contributed by atoms with E-state index in [0.717, 1.165) is 12.8 Å². The van der Waals surface area contributed by atoms with E-state index in [9.17, 15) is 9.18 Å². The summed E-state index contributed by atoms with van der Waals surface area (Å²) in [6.45, 7) is 1.89. The van der Waals surface area contributed by atoms with Crippen LogP contribution in [0.4, 0.5) is 4.39 Å². The molecule has 1 saturated carbocycles. The standard InChI is InChI=1S/C13H16FNO2/c1-2-12(13(16)15-10-5-6-10)17-11-7-3-9(14)4-8-11/h3-4,7-8,10,12H,2,5-6H2,1H3,(H,15,16)/t12-/m1/s1. The van der Waals surface area contributed by atoms with E-state index in [1.54, 1.807) is 0 Å². The Morgan fingerprint density at radius 1 is 1.47 bits per heavy atom. The van der Waals surface area contributed by atoms with Crippen LogP contribution in [-0.4, -0.2) is 18.1 Å². The van der Waals surface area contributed by atoms with Gasteiger partial charge in [-0.3, -0.25) is 4.79 Å². The molecule has 1 aliphatic carbocycles. The number of carbonyl (C=O) groups is 1. The Kier molecular flexibility index (Phi) is 3.61. The third kappa shape index (κ3) is 3.44. The average Bonchev–Trinajstić information content (AvgIpc) is 3.12. The lowest BCUT2D eigenvalue weighted by Crippen LogP contribution is -2.39. The molecule has 92 valence electrons. The zero-order chi connectivity index (χ0) is 12.3. The first-order valence-corrected chi connectivity index (χ1v) is 5.91. The Bertz CT molecular complexity index is 387. The highest BCUT2D eigenvalue weighted by atomic mass is 19.1. The van der Waals surface area contributed by atoms with Crippen molar-refractivity contribution in [3.8, 4) is 5.75 Å². The van der Waals surface area contributed by atoms with Gasteiger partial charge in [-0.25, -0.2) is 4.39 Å². The van der Waals surface area contributed by atoms with Crippen LogP contribution in [0.5, 0.6) is 5.75 Å². The van der Waals surface area contributed by atoms with Crippen LogP contribution in [-0.2, 0) is 4.79 Å². The molecule has 3 nitrogen and oxygen atoms in total. The molecule has 4 heteroatoms. The third-order valence-electron chi connectivity index (χ3n) is 2.68. The summed E-state index contributed by atoms with van der Waals surface area (Å²) in [5.74, 6) is 0.122. The Labute approximate surface area is 100.0 Å². The zero-order valence-corrected chi connectivity index (χ0v) is 9.78. The number of rotatable bonds is 5. The summed E-state index contributed by atoms with van der Waals surface area (Å²) < 4.78 is 18.2. The lowest BCUT2D eigenvalue weighted by atomic mass is 10.2. The van der Waals surface area contributed by atoms with Gasteiger partial charge in [0.05, 0.1) is 0 Å². The van der Waals surface area contributed by atoms with Crippen molar-refractivity contribution in [3.63, 3.8) is 0 Å². The maximum absolute atomic E-state index is 12.7.